The lowest BCUT2D eigenvalue weighted by atomic mass is 10.1. The van der Waals surface area contributed by atoms with E-state index >= 15 is 0 Å². The Morgan fingerprint density at radius 3 is 3.00 bits per heavy atom. The van der Waals surface area contributed by atoms with E-state index in [1.807, 2.05) is 30.3 Å². The van der Waals surface area contributed by atoms with Crippen LogP contribution in [-0.4, -0.2) is 18.1 Å². The predicted molar refractivity (Wildman–Crippen MR) is 66.4 cm³/mol. The molecule has 0 aromatic heterocycles. The van der Waals surface area contributed by atoms with Gasteiger partial charge in [-0.2, -0.15) is 0 Å². The normalized spacial score (nSPS) is 10.9. The van der Waals surface area contributed by atoms with E-state index in [0.29, 0.717) is 5.76 Å². The van der Waals surface area contributed by atoms with E-state index in [9.17, 15) is 4.79 Å². The van der Waals surface area contributed by atoms with Crippen LogP contribution in [0.15, 0.2) is 41.0 Å². The lowest BCUT2D eigenvalue weighted by Crippen LogP contribution is -2.05. The average molecular weight is 241 g/mol. The number of aromatic nitrogens is 1. The number of methoxy groups -OCH3 is 1. The van der Waals surface area contributed by atoms with Gasteiger partial charge in [-0.05, 0) is 12.1 Å². The summed E-state index contributed by atoms with van der Waals surface area (Å²) in [5.74, 6) is 0.203. The van der Waals surface area contributed by atoms with Gasteiger partial charge in [-0.15, -0.1) is 0 Å². The number of carbonyl (C=O) groups is 1. The van der Waals surface area contributed by atoms with Gasteiger partial charge in [0.2, 0.25) is 0 Å². The van der Waals surface area contributed by atoms with Crippen LogP contribution in [0, 0.1) is 0 Å². The third-order valence-electron chi connectivity index (χ3n) is 2.92. The maximum atomic E-state index is 11.3. The summed E-state index contributed by atoms with van der Waals surface area (Å²) < 4.78 is 10.0. The molecule has 0 unspecified atom stereocenters. The number of para-hydroxylation sites is 1. The van der Waals surface area contributed by atoms with Crippen molar-refractivity contribution in [3.05, 3.63) is 42.4 Å². The quantitative estimate of drug-likeness (QED) is 0.647. The fourth-order valence-electron chi connectivity index (χ4n) is 2.06. The molecule has 1 aromatic carbocycles. The lowest BCUT2D eigenvalue weighted by Gasteiger charge is -2.04. The molecule has 0 saturated heterocycles. The standard InChI is InChI=1S/C14H11NO3/c1-17-13(16)8-12-14-10(6-7-18-12)9-4-2-3-5-11(9)15-14/h2-7H,8H2,1H3. The molecule has 0 bridgehead atoms. The smallest absolute Gasteiger partial charge is 0.313 e. The average Bonchev–Trinajstić information content (AvgIpc) is 2.78. The minimum atomic E-state index is -0.335. The Bertz CT molecular complexity index is 687. The van der Waals surface area contributed by atoms with Crippen LogP contribution >= 0.6 is 0 Å². The van der Waals surface area contributed by atoms with Gasteiger partial charge in [0, 0.05) is 10.9 Å². The zero-order valence-electron chi connectivity index (χ0n) is 9.84. The summed E-state index contributed by atoms with van der Waals surface area (Å²) in [6.07, 6.45) is 1.67. The second-order valence-electron chi connectivity index (χ2n) is 3.99. The first-order valence-electron chi connectivity index (χ1n) is 5.61. The highest BCUT2D eigenvalue weighted by Crippen LogP contribution is 2.33. The number of carbonyl (C=O) groups excluding carboxylic acids is 1. The van der Waals surface area contributed by atoms with Gasteiger partial charge in [-0.1, -0.05) is 18.2 Å². The Morgan fingerprint density at radius 2 is 2.17 bits per heavy atom. The second kappa shape index (κ2) is 4.14. The molecule has 4 heteroatoms. The highest BCUT2D eigenvalue weighted by atomic mass is 16.5. The molecule has 2 heterocycles. The molecule has 0 aliphatic carbocycles. The van der Waals surface area contributed by atoms with Crippen LogP contribution in [0.1, 0.15) is 5.76 Å². The van der Waals surface area contributed by atoms with Crippen molar-refractivity contribution in [3.8, 4) is 11.3 Å². The number of hydrogen-bond acceptors (Lipinski definition) is 4. The molecule has 2 aliphatic rings. The molecular weight excluding hydrogens is 230 g/mol. The van der Waals surface area contributed by atoms with E-state index in [1.165, 1.54) is 7.11 Å². The molecule has 0 atom stereocenters. The number of esters is 1. The number of fused-ring (bicyclic) bond motifs is 3. The summed E-state index contributed by atoms with van der Waals surface area (Å²) in [5.41, 5.74) is 2.62. The molecule has 1 aromatic rings. The summed E-state index contributed by atoms with van der Waals surface area (Å²) in [5, 5.41) is 1.06. The van der Waals surface area contributed by atoms with Crippen molar-refractivity contribution in [1.82, 2.24) is 4.98 Å². The first-order chi connectivity index (χ1) is 8.79. The topological polar surface area (TPSA) is 52.3 Å². The van der Waals surface area contributed by atoms with Gasteiger partial charge in [0.05, 0.1) is 18.9 Å². The fraction of sp³-hybridized carbons (Fsp3) is 0.143. The first kappa shape index (κ1) is 10.8. The van der Waals surface area contributed by atoms with Crippen LogP contribution in [0.5, 0.6) is 0 Å². The Morgan fingerprint density at radius 1 is 1.33 bits per heavy atom. The van der Waals surface area contributed by atoms with Gasteiger partial charge in [0.1, 0.15) is 17.9 Å². The van der Waals surface area contributed by atoms with E-state index in [2.05, 4.69) is 9.72 Å². The maximum Gasteiger partial charge on any atom is 0.313 e. The van der Waals surface area contributed by atoms with Crippen molar-refractivity contribution < 1.29 is 13.9 Å². The Labute approximate surface area is 104 Å². The zero-order valence-corrected chi connectivity index (χ0v) is 9.84. The molecule has 4 nitrogen and oxygen atoms in total. The van der Waals surface area contributed by atoms with Crippen LogP contribution in [0.3, 0.4) is 0 Å². The zero-order chi connectivity index (χ0) is 12.5. The van der Waals surface area contributed by atoms with Gasteiger partial charge >= 0.3 is 5.97 Å². The Kier molecular flexibility index (Phi) is 2.48. The van der Waals surface area contributed by atoms with Crippen LogP contribution in [0.4, 0.5) is 0 Å². The summed E-state index contributed by atoms with van der Waals surface area (Å²) in [6, 6.07) is 9.72. The molecule has 0 fully saturated rings. The molecular formula is C14H11NO3. The molecule has 3 rings (SSSR count). The van der Waals surface area contributed by atoms with Gasteiger partial charge in [-0.3, -0.25) is 4.79 Å². The van der Waals surface area contributed by atoms with Crippen molar-refractivity contribution in [2.75, 3.05) is 7.11 Å². The molecule has 0 saturated carbocycles. The summed E-state index contributed by atoms with van der Waals surface area (Å²) in [4.78, 5) is 15.8. The number of benzene rings is 1. The minimum absolute atomic E-state index is 0.0944. The van der Waals surface area contributed by atoms with Crippen LogP contribution in [-0.2, 0) is 16.0 Å². The SMILES string of the molecule is COC(=O)Cc1occc2c3ccccc3nc1-2. The van der Waals surface area contributed by atoms with Crippen LogP contribution in [0.2, 0.25) is 0 Å². The van der Waals surface area contributed by atoms with E-state index in [-0.39, 0.29) is 12.4 Å². The predicted octanol–water partition coefficient (Wildman–Crippen LogP) is 2.65. The van der Waals surface area contributed by atoms with Gasteiger partial charge in [0.15, 0.2) is 0 Å². The molecule has 2 aliphatic heterocycles. The van der Waals surface area contributed by atoms with Crippen LogP contribution < -0.4 is 0 Å². The second-order valence-corrected chi connectivity index (χ2v) is 3.99. The van der Waals surface area contributed by atoms with Crippen molar-refractivity contribution in [3.63, 3.8) is 0 Å². The van der Waals surface area contributed by atoms with Crippen LogP contribution in [0.25, 0.3) is 22.2 Å². The molecule has 0 radical (unpaired) electrons. The van der Waals surface area contributed by atoms with E-state index in [4.69, 9.17) is 4.42 Å². The van der Waals surface area contributed by atoms with Gasteiger partial charge in [-0.25, -0.2) is 4.98 Å². The molecule has 0 amide bonds. The van der Waals surface area contributed by atoms with E-state index in [1.54, 1.807) is 6.26 Å². The largest absolute Gasteiger partial charge is 0.469 e. The third kappa shape index (κ3) is 1.62. The number of rotatable bonds is 2. The van der Waals surface area contributed by atoms with Gasteiger partial charge < -0.3 is 9.15 Å². The minimum Gasteiger partial charge on any atom is -0.469 e. The van der Waals surface area contributed by atoms with Gasteiger partial charge in [0.25, 0.3) is 0 Å². The van der Waals surface area contributed by atoms with Crippen molar-refractivity contribution in [2.45, 2.75) is 6.42 Å². The molecule has 18 heavy (non-hydrogen) atoms. The first-order valence-corrected chi connectivity index (χ1v) is 5.61. The Hall–Kier alpha value is -2.36. The molecule has 90 valence electrons. The van der Waals surface area contributed by atoms with Crippen molar-refractivity contribution >= 4 is 16.9 Å². The van der Waals surface area contributed by atoms with Crippen molar-refractivity contribution in [2.24, 2.45) is 0 Å². The molecule has 0 spiro atoms. The summed E-state index contributed by atoms with van der Waals surface area (Å²) in [7, 11) is 1.36. The number of hydrogen-bond donors (Lipinski definition) is 0. The number of nitrogens with zero attached hydrogens (tertiary/aromatic N) is 1. The van der Waals surface area contributed by atoms with E-state index in [0.717, 1.165) is 22.2 Å². The Balaban J connectivity index is 2.18. The fourth-order valence-corrected chi connectivity index (χ4v) is 2.06. The summed E-state index contributed by atoms with van der Waals surface area (Å²) >= 11 is 0. The highest BCUT2D eigenvalue weighted by Gasteiger charge is 2.19. The lowest BCUT2D eigenvalue weighted by molar-refractivity contribution is -0.140. The summed E-state index contributed by atoms with van der Waals surface area (Å²) in [6.45, 7) is 0. The maximum absolute atomic E-state index is 11.3. The van der Waals surface area contributed by atoms with Crippen molar-refractivity contribution in [1.29, 1.82) is 0 Å². The highest BCUT2D eigenvalue weighted by molar-refractivity contribution is 5.98. The molecule has 0 N–H and O–H groups in total. The number of ether oxygens (including phenoxy) is 1. The third-order valence-corrected chi connectivity index (χ3v) is 2.92. The van der Waals surface area contributed by atoms with E-state index < -0.39 is 0 Å². The monoisotopic (exact) mass is 241 g/mol.